The van der Waals surface area contributed by atoms with Crippen LogP contribution >= 0.6 is 22.6 Å². The largest absolute Gasteiger partial charge is 0.468 e. The second-order valence-electron chi connectivity index (χ2n) is 4.90. The summed E-state index contributed by atoms with van der Waals surface area (Å²) >= 11 is 1.85. The standard InChI is InChI=1S/C16H16F2INO3/c1-10-7-11(23-9-22-2)3-4-12(10)14-6-5-13(19)16(21)20(14)8-15(17)18/h3-7,15H,8-9H2,1-2H3. The van der Waals surface area contributed by atoms with E-state index in [1.807, 2.05) is 29.5 Å². The van der Waals surface area contributed by atoms with E-state index in [1.165, 1.54) is 7.11 Å². The number of aromatic nitrogens is 1. The van der Waals surface area contributed by atoms with Crippen molar-refractivity contribution in [2.75, 3.05) is 13.9 Å². The molecule has 7 heteroatoms. The molecule has 0 amide bonds. The molecule has 2 aromatic rings. The first kappa shape index (κ1) is 17.9. The Morgan fingerprint density at radius 2 is 2.00 bits per heavy atom. The Balaban J connectivity index is 2.49. The van der Waals surface area contributed by atoms with Crippen molar-refractivity contribution in [3.8, 4) is 17.0 Å². The van der Waals surface area contributed by atoms with Gasteiger partial charge in [-0.2, -0.15) is 0 Å². The van der Waals surface area contributed by atoms with Crippen molar-refractivity contribution in [3.63, 3.8) is 0 Å². The van der Waals surface area contributed by atoms with Gasteiger partial charge in [0.1, 0.15) is 5.75 Å². The third-order valence-electron chi connectivity index (χ3n) is 3.27. The highest BCUT2D eigenvalue weighted by molar-refractivity contribution is 14.1. The second kappa shape index (κ2) is 7.87. The minimum Gasteiger partial charge on any atom is -0.468 e. The summed E-state index contributed by atoms with van der Waals surface area (Å²) in [6.45, 7) is 1.33. The van der Waals surface area contributed by atoms with Gasteiger partial charge in [-0.15, -0.1) is 0 Å². The molecule has 4 nitrogen and oxygen atoms in total. The summed E-state index contributed by atoms with van der Waals surface area (Å²) < 4.78 is 37.4. The highest BCUT2D eigenvalue weighted by atomic mass is 127. The van der Waals surface area contributed by atoms with E-state index in [1.54, 1.807) is 30.3 Å². The zero-order valence-electron chi connectivity index (χ0n) is 12.7. The Morgan fingerprint density at radius 1 is 1.26 bits per heavy atom. The van der Waals surface area contributed by atoms with E-state index in [0.29, 0.717) is 20.6 Å². The highest BCUT2D eigenvalue weighted by Gasteiger charge is 2.15. The molecular weight excluding hydrogens is 419 g/mol. The molecule has 0 aliphatic carbocycles. The lowest BCUT2D eigenvalue weighted by Gasteiger charge is -2.16. The van der Waals surface area contributed by atoms with Gasteiger partial charge in [-0.25, -0.2) is 8.78 Å². The molecule has 0 saturated carbocycles. The van der Waals surface area contributed by atoms with E-state index in [-0.39, 0.29) is 6.79 Å². The molecule has 0 spiro atoms. The maximum absolute atomic E-state index is 12.8. The van der Waals surface area contributed by atoms with Crippen LogP contribution in [0.5, 0.6) is 5.75 Å². The van der Waals surface area contributed by atoms with E-state index in [9.17, 15) is 13.6 Å². The summed E-state index contributed by atoms with van der Waals surface area (Å²) in [4.78, 5) is 12.2. The summed E-state index contributed by atoms with van der Waals surface area (Å²) in [6.07, 6.45) is -2.60. The van der Waals surface area contributed by atoms with Gasteiger partial charge in [-0.1, -0.05) is 0 Å². The van der Waals surface area contributed by atoms with Crippen molar-refractivity contribution >= 4 is 22.6 Å². The van der Waals surface area contributed by atoms with Crippen LogP contribution in [0.2, 0.25) is 0 Å². The van der Waals surface area contributed by atoms with Crippen LogP contribution in [0.1, 0.15) is 5.56 Å². The average molecular weight is 435 g/mol. The molecule has 0 saturated heterocycles. The number of alkyl halides is 2. The minimum absolute atomic E-state index is 0.123. The van der Waals surface area contributed by atoms with Crippen LogP contribution in [-0.4, -0.2) is 24.9 Å². The number of rotatable bonds is 6. The Labute approximate surface area is 146 Å². The van der Waals surface area contributed by atoms with Crippen molar-refractivity contribution in [2.45, 2.75) is 19.9 Å². The number of methoxy groups -OCH3 is 1. The SMILES string of the molecule is COCOc1ccc(-c2ccc(I)c(=O)n2CC(F)F)c(C)c1. The number of ether oxygens (including phenoxy) is 2. The van der Waals surface area contributed by atoms with Crippen molar-refractivity contribution in [2.24, 2.45) is 0 Å². The molecule has 0 aliphatic heterocycles. The molecule has 0 bridgehead atoms. The summed E-state index contributed by atoms with van der Waals surface area (Å²) in [7, 11) is 1.52. The van der Waals surface area contributed by atoms with Crippen LogP contribution in [0.4, 0.5) is 8.78 Å². The molecule has 0 N–H and O–H groups in total. The molecule has 0 aliphatic rings. The lowest BCUT2D eigenvalue weighted by molar-refractivity contribution is 0.0511. The Morgan fingerprint density at radius 3 is 2.61 bits per heavy atom. The van der Waals surface area contributed by atoms with Crippen LogP contribution < -0.4 is 10.3 Å². The summed E-state index contributed by atoms with van der Waals surface area (Å²) in [5.41, 5.74) is 1.58. The summed E-state index contributed by atoms with van der Waals surface area (Å²) in [5, 5.41) is 0. The Hall–Kier alpha value is -1.48. The molecule has 1 aromatic heterocycles. The molecule has 1 heterocycles. The van der Waals surface area contributed by atoms with E-state index in [4.69, 9.17) is 9.47 Å². The quantitative estimate of drug-likeness (QED) is 0.514. The third kappa shape index (κ3) is 4.29. The van der Waals surface area contributed by atoms with Gasteiger partial charge in [-0.3, -0.25) is 4.79 Å². The maximum atomic E-state index is 12.8. The van der Waals surface area contributed by atoms with Crippen molar-refractivity contribution in [1.82, 2.24) is 4.57 Å². The predicted octanol–water partition coefficient (Wildman–Crippen LogP) is 3.68. The van der Waals surface area contributed by atoms with Crippen molar-refractivity contribution < 1.29 is 18.3 Å². The Bertz CT molecular complexity index is 747. The molecule has 0 radical (unpaired) electrons. The van der Waals surface area contributed by atoms with Gasteiger partial charge in [0, 0.05) is 12.7 Å². The Kier molecular flexibility index (Phi) is 6.11. The smallest absolute Gasteiger partial charge is 0.264 e. The van der Waals surface area contributed by atoms with E-state index in [0.717, 1.165) is 10.1 Å². The fourth-order valence-electron chi connectivity index (χ4n) is 2.25. The fourth-order valence-corrected chi connectivity index (χ4v) is 2.72. The third-order valence-corrected chi connectivity index (χ3v) is 4.09. The lowest BCUT2D eigenvalue weighted by Crippen LogP contribution is -2.26. The molecule has 0 atom stereocenters. The highest BCUT2D eigenvalue weighted by Crippen LogP contribution is 2.27. The zero-order valence-corrected chi connectivity index (χ0v) is 14.8. The van der Waals surface area contributed by atoms with E-state index in [2.05, 4.69) is 0 Å². The molecule has 2 rings (SSSR count). The van der Waals surface area contributed by atoms with Gasteiger partial charge in [0.15, 0.2) is 6.79 Å². The molecule has 0 fully saturated rings. The number of halogens is 3. The van der Waals surface area contributed by atoms with Gasteiger partial charge >= 0.3 is 0 Å². The number of hydrogen-bond acceptors (Lipinski definition) is 3. The first-order valence-corrected chi connectivity index (χ1v) is 7.92. The van der Waals surface area contributed by atoms with Crippen LogP contribution in [0.25, 0.3) is 11.3 Å². The number of benzene rings is 1. The maximum Gasteiger partial charge on any atom is 0.264 e. The van der Waals surface area contributed by atoms with Crippen molar-refractivity contribution in [1.29, 1.82) is 0 Å². The van der Waals surface area contributed by atoms with Gasteiger partial charge in [0.25, 0.3) is 12.0 Å². The molecule has 0 unspecified atom stereocenters. The average Bonchev–Trinajstić information content (AvgIpc) is 2.50. The minimum atomic E-state index is -2.60. The second-order valence-corrected chi connectivity index (χ2v) is 6.06. The first-order chi connectivity index (χ1) is 10.9. The predicted molar refractivity (Wildman–Crippen MR) is 92.1 cm³/mol. The molecule has 1 aromatic carbocycles. The van der Waals surface area contributed by atoms with Crippen LogP contribution in [0, 0.1) is 10.5 Å². The number of nitrogens with zero attached hydrogens (tertiary/aromatic N) is 1. The molecule has 23 heavy (non-hydrogen) atoms. The van der Waals surface area contributed by atoms with Gasteiger partial charge < -0.3 is 14.0 Å². The summed E-state index contributed by atoms with van der Waals surface area (Å²) in [5.74, 6) is 0.612. The monoisotopic (exact) mass is 435 g/mol. The molecule has 124 valence electrons. The van der Waals surface area contributed by atoms with E-state index >= 15 is 0 Å². The molecular formula is C16H16F2INO3. The first-order valence-electron chi connectivity index (χ1n) is 6.84. The lowest BCUT2D eigenvalue weighted by atomic mass is 10.0. The zero-order chi connectivity index (χ0) is 17.0. The number of hydrogen-bond donors (Lipinski definition) is 0. The van der Waals surface area contributed by atoms with Crippen LogP contribution in [-0.2, 0) is 11.3 Å². The summed E-state index contributed by atoms with van der Waals surface area (Å²) in [6, 6.07) is 8.57. The van der Waals surface area contributed by atoms with Crippen LogP contribution in [0.15, 0.2) is 35.1 Å². The number of aryl methyl sites for hydroxylation is 1. The number of pyridine rings is 1. The van der Waals surface area contributed by atoms with E-state index < -0.39 is 18.5 Å². The topological polar surface area (TPSA) is 40.5 Å². The normalized spacial score (nSPS) is 11.0. The van der Waals surface area contributed by atoms with Crippen LogP contribution in [0.3, 0.4) is 0 Å². The van der Waals surface area contributed by atoms with Gasteiger partial charge in [0.2, 0.25) is 0 Å². The van der Waals surface area contributed by atoms with Gasteiger partial charge in [-0.05, 0) is 65.4 Å². The van der Waals surface area contributed by atoms with Crippen molar-refractivity contribution in [3.05, 3.63) is 49.8 Å². The fraction of sp³-hybridized carbons (Fsp3) is 0.312. The van der Waals surface area contributed by atoms with Gasteiger partial charge in [0.05, 0.1) is 15.8 Å².